The largest absolute Gasteiger partial charge is 0.206 e. The van der Waals surface area contributed by atoms with Gasteiger partial charge in [0.2, 0.25) is 0 Å². The van der Waals surface area contributed by atoms with Gasteiger partial charge in [0.05, 0.1) is 5.56 Å². The molecule has 66 valence electrons. The summed E-state index contributed by atoms with van der Waals surface area (Å²) in [5.74, 6) is -0.645. The smallest absolute Gasteiger partial charge is 0.141 e. The number of hydrogen-bond acceptors (Lipinski definition) is 2. The van der Waals surface area contributed by atoms with E-state index in [0.717, 1.165) is 6.07 Å². The van der Waals surface area contributed by atoms with Gasteiger partial charge < -0.3 is 0 Å². The molecule has 0 aliphatic carbocycles. The van der Waals surface area contributed by atoms with Crippen LogP contribution in [0.1, 0.15) is 11.1 Å². The third-order valence-electron chi connectivity index (χ3n) is 1.67. The van der Waals surface area contributed by atoms with Crippen LogP contribution in [0.4, 0.5) is 4.39 Å². The van der Waals surface area contributed by atoms with Crippen molar-refractivity contribution in [3.05, 3.63) is 47.5 Å². The zero-order chi connectivity index (χ0) is 10.6. The molecule has 0 heterocycles. The number of benzene rings is 1. The van der Waals surface area contributed by atoms with Gasteiger partial charge in [-0.15, -0.1) is 5.73 Å². The van der Waals surface area contributed by atoms with E-state index in [4.69, 9.17) is 10.5 Å². The normalized spacial score (nSPS) is 8.21. The van der Waals surface area contributed by atoms with Gasteiger partial charge in [-0.1, -0.05) is 12.6 Å². The first-order valence-electron chi connectivity index (χ1n) is 3.73. The number of nitrogens with zero attached hydrogens (tertiary/aromatic N) is 2. The van der Waals surface area contributed by atoms with Gasteiger partial charge in [0, 0.05) is 5.56 Å². The number of allylic oxidation sites excluding steroid dienone is 1. The average Bonchev–Trinajstić information content (AvgIpc) is 2.20. The van der Waals surface area contributed by atoms with Gasteiger partial charge in [0.15, 0.2) is 0 Å². The fraction of sp³-hybridized carbons (Fsp3) is 0. The minimum atomic E-state index is -0.645. The van der Waals surface area contributed by atoms with Crippen LogP contribution in [-0.4, -0.2) is 0 Å². The Hall–Kier alpha value is -2.35. The first-order chi connectivity index (χ1) is 6.72. The maximum absolute atomic E-state index is 13.1. The zero-order valence-electron chi connectivity index (χ0n) is 7.21. The molecule has 0 radical (unpaired) electrons. The van der Waals surface area contributed by atoms with Crippen molar-refractivity contribution < 1.29 is 4.39 Å². The van der Waals surface area contributed by atoms with Crippen molar-refractivity contribution in [1.82, 2.24) is 0 Å². The van der Waals surface area contributed by atoms with Gasteiger partial charge in [0.25, 0.3) is 0 Å². The fourth-order valence-electron chi connectivity index (χ4n) is 0.967. The summed E-state index contributed by atoms with van der Waals surface area (Å²) in [7, 11) is 0. The van der Waals surface area contributed by atoms with E-state index in [9.17, 15) is 4.39 Å². The monoisotopic (exact) mass is 184 g/mol. The summed E-state index contributed by atoms with van der Waals surface area (Å²) >= 11 is 0. The molecule has 2 nitrogen and oxygen atoms in total. The lowest BCUT2D eigenvalue weighted by Gasteiger charge is -1.97. The molecule has 0 aliphatic heterocycles. The molecule has 0 amide bonds. The van der Waals surface area contributed by atoms with E-state index in [1.807, 2.05) is 6.07 Å². The second kappa shape index (κ2) is 4.05. The van der Waals surface area contributed by atoms with E-state index in [1.165, 1.54) is 12.1 Å². The average molecular weight is 184 g/mol. The van der Waals surface area contributed by atoms with E-state index in [1.54, 1.807) is 6.07 Å². The molecule has 1 rings (SSSR count). The molecule has 0 bridgehead atoms. The summed E-state index contributed by atoms with van der Waals surface area (Å²) in [6.07, 6.45) is 0. The third kappa shape index (κ3) is 1.69. The fourth-order valence-corrected chi connectivity index (χ4v) is 0.967. The van der Waals surface area contributed by atoms with Gasteiger partial charge in [-0.2, -0.15) is 10.5 Å². The summed E-state index contributed by atoms with van der Waals surface area (Å²) in [5.41, 5.74) is 2.88. The van der Waals surface area contributed by atoms with Gasteiger partial charge in [-0.25, -0.2) is 4.39 Å². The Morgan fingerprint density at radius 1 is 1.36 bits per heavy atom. The zero-order valence-corrected chi connectivity index (χ0v) is 7.21. The molecule has 0 unspecified atom stereocenters. The second-order valence-corrected chi connectivity index (χ2v) is 2.47. The van der Waals surface area contributed by atoms with Crippen LogP contribution in [0.3, 0.4) is 0 Å². The molecule has 0 fully saturated rings. The summed E-state index contributed by atoms with van der Waals surface area (Å²) in [6, 6.07) is 7.44. The lowest BCUT2D eigenvalue weighted by Crippen LogP contribution is -1.87. The maximum atomic E-state index is 13.1. The molecule has 0 spiro atoms. The Morgan fingerprint density at radius 2 is 2.07 bits per heavy atom. The predicted octanol–water partition coefficient (Wildman–Crippen LogP) is 2.39. The van der Waals surface area contributed by atoms with Crippen LogP contribution in [0.15, 0.2) is 30.5 Å². The maximum Gasteiger partial charge on any atom is 0.141 e. The van der Waals surface area contributed by atoms with Crippen LogP contribution in [0, 0.1) is 28.5 Å². The molecule has 0 N–H and O–H groups in total. The second-order valence-electron chi connectivity index (χ2n) is 2.47. The highest BCUT2D eigenvalue weighted by Crippen LogP contribution is 2.15. The molecule has 1 aromatic carbocycles. The number of rotatable bonds is 1. The van der Waals surface area contributed by atoms with Gasteiger partial charge >= 0.3 is 0 Å². The summed E-state index contributed by atoms with van der Waals surface area (Å²) < 4.78 is 13.1. The Labute approximate surface area is 80.8 Å². The van der Waals surface area contributed by atoms with Crippen molar-refractivity contribution in [2.45, 2.75) is 0 Å². The van der Waals surface area contributed by atoms with Crippen LogP contribution in [0.5, 0.6) is 0 Å². The van der Waals surface area contributed by atoms with E-state index in [0.29, 0.717) is 5.56 Å². The van der Waals surface area contributed by atoms with E-state index >= 15 is 0 Å². The van der Waals surface area contributed by atoms with Crippen molar-refractivity contribution in [3.8, 4) is 12.1 Å². The minimum Gasteiger partial charge on any atom is -0.206 e. The van der Waals surface area contributed by atoms with Crippen LogP contribution in [0.25, 0.3) is 5.57 Å². The Morgan fingerprint density at radius 3 is 2.50 bits per heavy atom. The van der Waals surface area contributed by atoms with Gasteiger partial charge in [0.1, 0.15) is 23.5 Å². The van der Waals surface area contributed by atoms with Crippen molar-refractivity contribution >= 4 is 5.57 Å². The highest BCUT2D eigenvalue weighted by atomic mass is 19.1. The van der Waals surface area contributed by atoms with Gasteiger partial charge in [-0.05, 0) is 12.1 Å². The topological polar surface area (TPSA) is 47.6 Å². The highest BCUT2D eigenvalue weighted by molar-refractivity contribution is 5.76. The van der Waals surface area contributed by atoms with Crippen molar-refractivity contribution in [3.63, 3.8) is 0 Å². The van der Waals surface area contributed by atoms with Crippen LogP contribution >= 0.6 is 0 Å². The van der Waals surface area contributed by atoms with Crippen LogP contribution < -0.4 is 0 Å². The van der Waals surface area contributed by atoms with Gasteiger partial charge in [-0.3, -0.25) is 0 Å². The SMILES string of the molecule is C=C=C(C#N)c1ccc(C#N)c(F)c1. The van der Waals surface area contributed by atoms with E-state index in [2.05, 4.69) is 12.3 Å². The van der Waals surface area contributed by atoms with Crippen molar-refractivity contribution in [1.29, 1.82) is 10.5 Å². The van der Waals surface area contributed by atoms with Crippen LogP contribution in [0.2, 0.25) is 0 Å². The quantitative estimate of drug-likeness (QED) is 0.497. The molecule has 3 heteroatoms. The van der Waals surface area contributed by atoms with E-state index < -0.39 is 5.82 Å². The molecule has 1 aromatic rings. The highest BCUT2D eigenvalue weighted by Gasteiger charge is 2.05. The Balaban J connectivity index is 3.32. The molecule has 0 saturated heterocycles. The lowest BCUT2D eigenvalue weighted by atomic mass is 10.1. The van der Waals surface area contributed by atoms with E-state index in [-0.39, 0.29) is 11.1 Å². The number of halogens is 1. The molecule has 0 atom stereocenters. The number of nitriles is 2. The molecular formula is C11H5FN2. The third-order valence-corrected chi connectivity index (χ3v) is 1.67. The first kappa shape index (κ1) is 9.74. The summed E-state index contributed by atoms with van der Waals surface area (Å²) in [4.78, 5) is 0. The first-order valence-corrected chi connectivity index (χ1v) is 3.73. The Kier molecular flexibility index (Phi) is 2.82. The predicted molar refractivity (Wildman–Crippen MR) is 49.3 cm³/mol. The van der Waals surface area contributed by atoms with Crippen molar-refractivity contribution in [2.24, 2.45) is 0 Å². The minimum absolute atomic E-state index is 0.0462. The summed E-state index contributed by atoms with van der Waals surface area (Å²) in [5, 5.41) is 17.1. The molecule has 0 saturated carbocycles. The summed E-state index contributed by atoms with van der Waals surface area (Å²) in [6.45, 7) is 3.31. The molecule has 0 aromatic heterocycles. The standard InChI is InChI=1S/C11H5FN2/c1-2-8(6-13)9-3-4-10(7-14)11(12)5-9/h3-5H,1H2. The molecule has 0 aliphatic rings. The molecule has 14 heavy (non-hydrogen) atoms. The van der Waals surface area contributed by atoms with Crippen molar-refractivity contribution in [2.75, 3.05) is 0 Å². The lowest BCUT2D eigenvalue weighted by molar-refractivity contribution is 0.623. The Bertz CT molecular complexity index is 497. The molecular weight excluding hydrogens is 179 g/mol. The number of hydrogen-bond donors (Lipinski definition) is 0. The van der Waals surface area contributed by atoms with Crippen LogP contribution in [-0.2, 0) is 0 Å².